The van der Waals surface area contributed by atoms with Crippen LogP contribution in [0.1, 0.15) is 43.0 Å². The molecule has 5 rings (SSSR count). The molecule has 1 aliphatic heterocycles. The molecule has 7 heteroatoms. The lowest BCUT2D eigenvalue weighted by Crippen LogP contribution is -2.54. The summed E-state index contributed by atoms with van der Waals surface area (Å²) >= 11 is 0. The van der Waals surface area contributed by atoms with Crippen molar-refractivity contribution in [3.63, 3.8) is 0 Å². The van der Waals surface area contributed by atoms with Gasteiger partial charge in [-0.05, 0) is 44.0 Å². The molecule has 0 bridgehead atoms. The fraction of sp³-hybridized carbons (Fsp3) is 0.417. The van der Waals surface area contributed by atoms with Crippen molar-refractivity contribution < 1.29 is 14.4 Å². The second kappa shape index (κ2) is 8.67. The topological polar surface area (TPSA) is 85.3 Å². The number of aromatic nitrogens is 3. The Hall–Kier alpha value is -2.92. The van der Waals surface area contributed by atoms with Gasteiger partial charge in [-0.25, -0.2) is 4.98 Å². The van der Waals surface area contributed by atoms with Crippen LogP contribution < -0.4 is 5.32 Å². The molecule has 1 saturated carbocycles. The largest absolute Gasteiger partial charge is 0.385 e. The number of nitrogens with zero attached hydrogens (tertiary/aromatic N) is 3. The van der Waals surface area contributed by atoms with E-state index in [9.17, 15) is 5.11 Å². The van der Waals surface area contributed by atoms with E-state index in [2.05, 4.69) is 27.3 Å². The smallest absolute Gasteiger partial charge is 0.167 e. The van der Waals surface area contributed by atoms with Gasteiger partial charge >= 0.3 is 0 Å². The summed E-state index contributed by atoms with van der Waals surface area (Å²) in [5.41, 5.74) is 2.74. The second-order valence-corrected chi connectivity index (χ2v) is 8.38. The minimum atomic E-state index is -0.630. The van der Waals surface area contributed by atoms with Crippen LogP contribution in [0, 0.1) is 17.8 Å². The molecule has 2 fully saturated rings. The van der Waals surface area contributed by atoms with Gasteiger partial charge in [0.15, 0.2) is 5.76 Å². The van der Waals surface area contributed by atoms with Gasteiger partial charge in [0.05, 0.1) is 25.8 Å². The number of hydrogen-bond acceptors (Lipinski definition) is 6. The minimum absolute atomic E-state index is 0.477. The first kappa shape index (κ1) is 20.0. The molecule has 0 unspecified atom stereocenters. The maximum absolute atomic E-state index is 9.79. The first-order chi connectivity index (χ1) is 15.1. The molecule has 7 nitrogen and oxygen atoms in total. The molecule has 1 aromatic carbocycles. The zero-order chi connectivity index (χ0) is 21.2. The first-order valence-electron chi connectivity index (χ1n) is 10.7. The van der Waals surface area contributed by atoms with Crippen LogP contribution in [-0.4, -0.2) is 45.1 Å². The fourth-order valence-electron chi connectivity index (χ4n) is 3.96. The highest BCUT2D eigenvalue weighted by Gasteiger charge is 2.31. The third kappa shape index (κ3) is 4.57. The van der Waals surface area contributed by atoms with E-state index in [-0.39, 0.29) is 0 Å². The predicted molar refractivity (Wildman–Crippen MR) is 115 cm³/mol. The summed E-state index contributed by atoms with van der Waals surface area (Å²) in [5.74, 6) is 8.48. The van der Waals surface area contributed by atoms with Gasteiger partial charge in [0.1, 0.15) is 17.6 Å². The van der Waals surface area contributed by atoms with Crippen LogP contribution in [0.25, 0.3) is 11.3 Å². The lowest BCUT2D eigenvalue weighted by atomic mass is 9.80. The van der Waals surface area contributed by atoms with Crippen LogP contribution in [0.5, 0.6) is 0 Å². The second-order valence-electron chi connectivity index (χ2n) is 8.38. The molecular weight excluding hydrogens is 392 g/mol. The molecule has 2 aromatic heterocycles. The number of nitrogens with one attached hydrogen (secondary N) is 1. The van der Waals surface area contributed by atoms with E-state index in [1.807, 2.05) is 41.1 Å². The Morgan fingerprint density at radius 3 is 2.74 bits per heavy atom. The average Bonchev–Trinajstić information content (AvgIpc) is 3.35. The Kier molecular flexibility index (Phi) is 5.60. The summed E-state index contributed by atoms with van der Waals surface area (Å²) in [6, 6.07) is 11.1. The molecule has 160 valence electrons. The van der Waals surface area contributed by atoms with Crippen molar-refractivity contribution >= 4 is 0 Å². The van der Waals surface area contributed by atoms with Crippen molar-refractivity contribution in [2.24, 2.45) is 5.92 Å². The quantitative estimate of drug-likeness (QED) is 0.599. The van der Waals surface area contributed by atoms with Crippen molar-refractivity contribution in [2.75, 3.05) is 13.2 Å². The van der Waals surface area contributed by atoms with Gasteiger partial charge in [0, 0.05) is 41.5 Å². The molecular formula is C24H26N4O3. The zero-order valence-corrected chi connectivity index (χ0v) is 17.5. The van der Waals surface area contributed by atoms with Crippen LogP contribution in [0.15, 0.2) is 47.2 Å². The molecule has 0 spiro atoms. The van der Waals surface area contributed by atoms with Crippen molar-refractivity contribution in [3.8, 4) is 23.2 Å². The Labute approximate surface area is 181 Å². The summed E-state index contributed by atoms with van der Waals surface area (Å²) < 4.78 is 12.6. The molecule has 1 saturated heterocycles. The summed E-state index contributed by atoms with van der Waals surface area (Å²) in [6.07, 6.45) is 5.11. The number of ether oxygens (including phenoxy) is 1. The van der Waals surface area contributed by atoms with Gasteiger partial charge in [-0.2, -0.15) is 0 Å². The SMILES string of the molecule is C[C@H](O)c1nccn1Cc1cc(-c2ccc(C#CC3CC(NC4COC4)C3)cc2)on1. The van der Waals surface area contributed by atoms with Crippen LogP contribution in [0.2, 0.25) is 0 Å². The monoisotopic (exact) mass is 418 g/mol. The fourth-order valence-corrected chi connectivity index (χ4v) is 3.96. The highest BCUT2D eigenvalue weighted by atomic mass is 16.5. The van der Waals surface area contributed by atoms with Gasteiger partial charge in [0.2, 0.25) is 0 Å². The molecule has 31 heavy (non-hydrogen) atoms. The number of aliphatic hydroxyl groups excluding tert-OH is 1. The summed E-state index contributed by atoms with van der Waals surface area (Å²) in [5, 5.41) is 17.6. The van der Waals surface area contributed by atoms with Crippen molar-refractivity contribution in [1.82, 2.24) is 20.0 Å². The standard InChI is InChI=1S/C24H26N4O3/c1-16(29)24-25-8-9-28(24)13-21-12-23(31-27-21)19-6-4-17(5-7-19)2-3-18-10-20(11-18)26-22-14-30-15-22/h4-9,12,16,18,20,22,26,29H,10-11,13-15H2,1H3/t16-,18?,20?/m0/s1. The Bertz CT molecular complexity index is 1080. The van der Waals surface area contributed by atoms with Gasteiger partial charge in [-0.15, -0.1) is 0 Å². The van der Waals surface area contributed by atoms with Crippen LogP contribution in [0.3, 0.4) is 0 Å². The molecule has 1 aliphatic carbocycles. The summed E-state index contributed by atoms with van der Waals surface area (Å²) in [7, 11) is 0. The van der Waals surface area contributed by atoms with Gasteiger partial charge in [-0.3, -0.25) is 0 Å². The highest BCUT2D eigenvalue weighted by Crippen LogP contribution is 2.28. The van der Waals surface area contributed by atoms with E-state index in [4.69, 9.17) is 9.26 Å². The highest BCUT2D eigenvalue weighted by molar-refractivity contribution is 5.59. The van der Waals surface area contributed by atoms with Crippen LogP contribution >= 0.6 is 0 Å². The molecule has 3 heterocycles. The number of benzene rings is 1. The van der Waals surface area contributed by atoms with E-state index < -0.39 is 6.10 Å². The predicted octanol–water partition coefficient (Wildman–Crippen LogP) is 2.76. The normalized spacial score (nSPS) is 21.6. The van der Waals surface area contributed by atoms with Crippen molar-refractivity contribution in [2.45, 2.75) is 44.5 Å². The Balaban J connectivity index is 1.17. The molecule has 2 N–H and O–H groups in total. The maximum atomic E-state index is 9.79. The number of rotatable bonds is 6. The third-order valence-electron chi connectivity index (χ3n) is 5.85. The molecule has 3 aromatic rings. The van der Waals surface area contributed by atoms with Gasteiger partial charge in [0.25, 0.3) is 0 Å². The molecule has 1 atom stereocenters. The van der Waals surface area contributed by atoms with E-state index in [0.29, 0.717) is 36.1 Å². The Morgan fingerprint density at radius 1 is 1.23 bits per heavy atom. The van der Waals surface area contributed by atoms with Crippen molar-refractivity contribution in [1.29, 1.82) is 0 Å². The molecule has 2 aliphatic rings. The first-order valence-corrected chi connectivity index (χ1v) is 10.7. The molecule has 0 amide bonds. The maximum Gasteiger partial charge on any atom is 0.167 e. The third-order valence-corrected chi connectivity index (χ3v) is 5.85. The van der Waals surface area contributed by atoms with Crippen LogP contribution in [-0.2, 0) is 11.3 Å². The lowest BCUT2D eigenvalue weighted by Gasteiger charge is -2.38. The number of imidazole rings is 1. The molecule has 0 radical (unpaired) electrons. The van der Waals surface area contributed by atoms with E-state index in [1.165, 1.54) is 0 Å². The zero-order valence-electron chi connectivity index (χ0n) is 17.5. The van der Waals surface area contributed by atoms with Crippen molar-refractivity contribution in [3.05, 3.63) is 59.8 Å². The van der Waals surface area contributed by atoms with Crippen LogP contribution in [0.4, 0.5) is 0 Å². The summed E-state index contributed by atoms with van der Waals surface area (Å²) in [4.78, 5) is 4.18. The van der Waals surface area contributed by atoms with E-state index in [0.717, 1.165) is 42.9 Å². The Morgan fingerprint density at radius 2 is 2.03 bits per heavy atom. The van der Waals surface area contributed by atoms with E-state index in [1.54, 1.807) is 13.1 Å². The summed E-state index contributed by atoms with van der Waals surface area (Å²) in [6.45, 7) is 3.89. The van der Waals surface area contributed by atoms with Gasteiger partial charge in [-0.1, -0.05) is 17.0 Å². The minimum Gasteiger partial charge on any atom is -0.385 e. The number of aliphatic hydroxyl groups is 1. The lowest BCUT2D eigenvalue weighted by molar-refractivity contribution is -0.0163. The van der Waals surface area contributed by atoms with E-state index >= 15 is 0 Å². The number of hydrogen-bond donors (Lipinski definition) is 2. The average molecular weight is 418 g/mol. The van der Waals surface area contributed by atoms with Gasteiger partial charge < -0.3 is 24.3 Å².